The molecular formula is C21H27N5OS. The third-order valence-corrected chi connectivity index (χ3v) is 6.28. The first-order valence-electron chi connectivity index (χ1n) is 9.92. The molecule has 0 bridgehead atoms. The van der Waals surface area contributed by atoms with Crippen molar-refractivity contribution in [3.05, 3.63) is 48.3 Å². The maximum atomic E-state index is 12.7. The van der Waals surface area contributed by atoms with Crippen LogP contribution in [0.3, 0.4) is 0 Å². The van der Waals surface area contributed by atoms with Gasteiger partial charge in [-0.3, -0.25) is 4.79 Å². The molecule has 1 aromatic heterocycles. The number of carbonyl (C=O) groups is 1. The Kier molecular flexibility index (Phi) is 5.71. The molecule has 7 heteroatoms. The molecule has 1 aliphatic carbocycles. The largest absolute Gasteiger partial charge is 0.368 e. The summed E-state index contributed by atoms with van der Waals surface area (Å²) in [6, 6.07) is 8.55. The molecule has 2 fully saturated rings. The van der Waals surface area contributed by atoms with Gasteiger partial charge in [0.05, 0.1) is 5.75 Å². The van der Waals surface area contributed by atoms with Gasteiger partial charge < -0.3 is 14.4 Å². The smallest absolute Gasteiger partial charge is 0.233 e. The van der Waals surface area contributed by atoms with Gasteiger partial charge in [0, 0.05) is 44.3 Å². The van der Waals surface area contributed by atoms with E-state index >= 15 is 0 Å². The number of rotatable bonds is 7. The minimum absolute atomic E-state index is 0.176. The lowest BCUT2D eigenvalue weighted by molar-refractivity contribution is -0.128. The highest BCUT2D eigenvalue weighted by molar-refractivity contribution is 7.99. The summed E-state index contributed by atoms with van der Waals surface area (Å²) in [5, 5.41) is 9.50. The van der Waals surface area contributed by atoms with E-state index in [2.05, 4.69) is 57.4 Å². The lowest BCUT2D eigenvalue weighted by Crippen LogP contribution is -2.49. The molecule has 0 unspecified atom stereocenters. The number of benzene rings is 1. The molecule has 4 rings (SSSR count). The van der Waals surface area contributed by atoms with Gasteiger partial charge in [-0.1, -0.05) is 30.0 Å². The quantitative estimate of drug-likeness (QED) is 0.531. The Hall–Kier alpha value is -2.28. The molecule has 6 nitrogen and oxygen atoms in total. The first-order chi connectivity index (χ1) is 13.7. The van der Waals surface area contributed by atoms with Crippen LogP contribution in [0.5, 0.6) is 0 Å². The van der Waals surface area contributed by atoms with Crippen LogP contribution in [0.4, 0.5) is 5.69 Å². The standard InChI is InChI=1S/C21H27N5OS/c1-3-9-26-20(17-7-8-17)22-23-21(26)28-15-19(27)25-12-10-24(11-13-25)18-6-4-5-16(2)14-18/h3-6,14,17H,1,7-13,15H2,2H3. The third-order valence-electron chi connectivity index (χ3n) is 5.32. The van der Waals surface area contributed by atoms with E-state index in [0.717, 1.165) is 37.2 Å². The van der Waals surface area contributed by atoms with E-state index in [0.29, 0.717) is 18.2 Å². The molecule has 0 radical (unpaired) electrons. The molecule has 1 saturated heterocycles. The van der Waals surface area contributed by atoms with Crippen molar-refractivity contribution in [3.8, 4) is 0 Å². The summed E-state index contributed by atoms with van der Waals surface area (Å²) in [5.74, 6) is 2.16. The highest BCUT2D eigenvalue weighted by Gasteiger charge is 2.30. The van der Waals surface area contributed by atoms with Crippen LogP contribution in [0.2, 0.25) is 0 Å². The van der Waals surface area contributed by atoms with Crippen LogP contribution < -0.4 is 4.90 Å². The maximum Gasteiger partial charge on any atom is 0.233 e. The lowest BCUT2D eigenvalue weighted by atomic mass is 10.2. The second-order valence-corrected chi connectivity index (χ2v) is 8.45. The van der Waals surface area contributed by atoms with E-state index < -0.39 is 0 Å². The molecule has 2 aromatic rings. The van der Waals surface area contributed by atoms with E-state index in [4.69, 9.17) is 0 Å². The van der Waals surface area contributed by atoms with Crippen LogP contribution >= 0.6 is 11.8 Å². The first kappa shape index (κ1) is 19.1. The Labute approximate surface area is 170 Å². The number of thioether (sulfide) groups is 1. The van der Waals surface area contributed by atoms with Gasteiger partial charge in [-0.15, -0.1) is 16.8 Å². The second kappa shape index (κ2) is 8.39. The number of carbonyl (C=O) groups excluding carboxylic acids is 1. The number of nitrogens with zero attached hydrogens (tertiary/aromatic N) is 5. The van der Waals surface area contributed by atoms with E-state index in [1.54, 1.807) is 0 Å². The maximum absolute atomic E-state index is 12.7. The number of aromatic nitrogens is 3. The van der Waals surface area contributed by atoms with Crippen LogP contribution in [0.25, 0.3) is 0 Å². The fourth-order valence-electron chi connectivity index (χ4n) is 3.61. The van der Waals surface area contributed by atoms with Crippen molar-refractivity contribution >= 4 is 23.4 Å². The van der Waals surface area contributed by atoms with Crippen molar-refractivity contribution < 1.29 is 4.79 Å². The van der Waals surface area contributed by atoms with Gasteiger partial charge in [0.1, 0.15) is 5.82 Å². The van der Waals surface area contributed by atoms with Gasteiger partial charge in [0.25, 0.3) is 0 Å². The lowest BCUT2D eigenvalue weighted by Gasteiger charge is -2.36. The third kappa shape index (κ3) is 4.24. The first-order valence-corrected chi connectivity index (χ1v) is 10.9. The number of allylic oxidation sites excluding steroid dienone is 1. The van der Waals surface area contributed by atoms with Gasteiger partial charge in [-0.05, 0) is 37.5 Å². The van der Waals surface area contributed by atoms with Gasteiger partial charge in [-0.25, -0.2) is 0 Å². The van der Waals surface area contributed by atoms with Crippen molar-refractivity contribution in [2.24, 2.45) is 0 Å². The summed E-state index contributed by atoms with van der Waals surface area (Å²) in [7, 11) is 0. The molecule has 2 aliphatic rings. The molecule has 2 heterocycles. The fraction of sp³-hybridized carbons (Fsp3) is 0.476. The fourth-order valence-corrected chi connectivity index (χ4v) is 4.46. The van der Waals surface area contributed by atoms with Crippen LogP contribution in [0.1, 0.15) is 30.1 Å². The predicted molar refractivity (Wildman–Crippen MR) is 113 cm³/mol. The number of anilines is 1. The predicted octanol–water partition coefficient (Wildman–Crippen LogP) is 3.09. The topological polar surface area (TPSA) is 54.3 Å². The zero-order chi connectivity index (χ0) is 19.5. The Bertz CT molecular complexity index is 852. The summed E-state index contributed by atoms with van der Waals surface area (Å²) in [4.78, 5) is 17.0. The van der Waals surface area contributed by atoms with Crippen LogP contribution in [-0.2, 0) is 11.3 Å². The average Bonchev–Trinajstić information content (AvgIpc) is 3.48. The highest BCUT2D eigenvalue weighted by atomic mass is 32.2. The van der Waals surface area contributed by atoms with Crippen LogP contribution in [0, 0.1) is 6.92 Å². The Morgan fingerprint density at radius 1 is 1.25 bits per heavy atom. The van der Waals surface area contributed by atoms with E-state index in [1.165, 1.54) is 35.9 Å². The second-order valence-electron chi connectivity index (χ2n) is 7.51. The van der Waals surface area contributed by atoms with Gasteiger partial charge in [0.15, 0.2) is 5.16 Å². The van der Waals surface area contributed by atoms with Gasteiger partial charge >= 0.3 is 0 Å². The molecule has 1 aromatic carbocycles. The summed E-state index contributed by atoms with van der Waals surface area (Å²) < 4.78 is 2.11. The normalized spacial score (nSPS) is 17.0. The number of aryl methyl sites for hydroxylation is 1. The summed E-state index contributed by atoms with van der Waals surface area (Å²) in [5.41, 5.74) is 2.51. The van der Waals surface area contributed by atoms with Crippen LogP contribution in [-0.4, -0.2) is 57.5 Å². The van der Waals surface area contributed by atoms with E-state index in [1.807, 2.05) is 11.0 Å². The summed E-state index contributed by atoms with van der Waals surface area (Å²) >= 11 is 1.49. The summed E-state index contributed by atoms with van der Waals surface area (Å²) in [6.07, 6.45) is 4.24. The number of amides is 1. The van der Waals surface area contributed by atoms with E-state index in [-0.39, 0.29) is 5.91 Å². The molecule has 148 valence electrons. The zero-order valence-electron chi connectivity index (χ0n) is 16.4. The molecule has 1 aliphatic heterocycles. The molecule has 0 N–H and O–H groups in total. The highest BCUT2D eigenvalue weighted by Crippen LogP contribution is 2.40. The van der Waals surface area contributed by atoms with Crippen LogP contribution in [0.15, 0.2) is 42.1 Å². The Balaban J connectivity index is 1.31. The minimum atomic E-state index is 0.176. The SMILES string of the molecule is C=CCn1c(SCC(=O)N2CCN(c3cccc(C)c3)CC2)nnc1C1CC1. The molecule has 0 spiro atoms. The number of hydrogen-bond donors (Lipinski definition) is 0. The van der Waals surface area contributed by atoms with Crippen molar-refractivity contribution in [2.75, 3.05) is 36.8 Å². The van der Waals surface area contributed by atoms with Crippen molar-refractivity contribution in [1.82, 2.24) is 19.7 Å². The number of piperazine rings is 1. The van der Waals surface area contributed by atoms with Gasteiger partial charge in [-0.2, -0.15) is 0 Å². The summed E-state index contributed by atoms with van der Waals surface area (Å²) in [6.45, 7) is 9.92. The van der Waals surface area contributed by atoms with Crippen molar-refractivity contribution in [2.45, 2.75) is 37.4 Å². The molecular weight excluding hydrogens is 370 g/mol. The van der Waals surface area contributed by atoms with Crippen molar-refractivity contribution in [1.29, 1.82) is 0 Å². The molecule has 28 heavy (non-hydrogen) atoms. The monoisotopic (exact) mass is 397 g/mol. The van der Waals surface area contributed by atoms with Gasteiger partial charge in [0.2, 0.25) is 5.91 Å². The molecule has 1 amide bonds. The van der Waals surface area contributed by atoms with E-state index in [9.17, 15) is 4.79 Å². The Morgan fingerprint density at radius 3 is 2.71 bits per heavy atom. The zero-order valence-corrected chi connectivity index (χ0v) is 17.2. The minimum Gasteiger partial charge on any atom is -0.368 e. The molecule has 1 saturated carbocycles. The van der Waals surface area contributed by atoms with Crippen molar-refractivity contribution in [3.63, 3.8) is 0 Å². The average molecular weight is 398 g/mol. The number of hydrogen-bond acceptors (Lipinski definition) is 5. The Morgan fingerprint density at radius 2 is 2.04 bits per heavy atom. The molecule has 0 atom stereocenters.